The van der Waals surface area contributed by atoms with Gasteiger partial charge in [-0.25, -0.2) is 15.0 Å². The molecule has 2 heterocycles. The average Bonchev–Trinajstić information content (AvgIpc) is 3.73. The molecule has 0 unspecified atom stereocenters. The van der Waals surface area contributed by atoms with Gasteiger partial charge >= 0.3 is 0 Å². The monoisotopic (exact) mass is 649 g/mol. The molecule has 0 saturated heterocycles. The molecule has 2 aromatic heterocycles. The van der Waals surface area contributed by atoms with Gasteiger partial charge in [0.05, 0.1) is 4.88 Å². The number of anilines is 6. The Hall–Kier alpha value is -6.37. The summed E-state index contributed by atoms with van der Waals surface area (Å²) in [6.07, 6.45) is 0. The van der Waals surface area contributed by atoms with Crippen molar-refractivity contribution in [2.45, 2.75) is 0 Å². The highest BCUT2D eigenvalue weighted by atomic mass is 32.1. The molecule has 234 valence electrons. The van der Waals surface area contributed by atoms with Crippen LogP contribution in [0.3, 0.4) is 0 Å². The molecule has 8 aromatic rings. The number of hydrogen-bond donors (Lipinski definition) is 0. The van der Waals surface area contributed by atoms with Crippen LogP contribution in [0.2, 0.25) is 0 Å². The van der Waals surface area contributed by atoms with Crippen LogP contribution < -0.4 is 9.80 Å². The van der Waals surface area contributed by atoms with Gasteiger partial charge in [-0.15, -0.1) is 11.3 Å². The van der Waals surface area contributed by atoms with Gasteiger partial charge in [0.2, 0.25) is 0 Å². The first-order chi connectivity index (χ1) is 24.3. The van der Waals surface area contributed by atoms with Crippen LogP contribution in [0.25, 0.3) is 33.5 Å². The molecule has 0 radical (unpaired) electrons. The van der Waals surface area contributed by atoms with E-state index < -0.39 is 0 Å². The Labute approximate surface area is 290 Å². The summed E-state index contributed by atoms with van der Waals surface area (Å²) in [5.41, 5.74) is 8.29. The summed E-state index contributed by atoms with van der Waals surface area (Å²) in [6.45, 7) is 0. The van der Waals surface area contributed by atoms with Crippen LogP contribution in [0.15, 0.2) is 187 Å². The van der Waals surface area contributed by atoms with Gasteiger partial charge in [-0.3, -0.25) is 0 Å². The standard InChI is InChI=1S/C43H31N5S/c1-5-14-34(15-6-1)47(35-16-7-2-8-17-35)38-27-23-32(24-28-38)41-44-42(46-43(45-41)40-22-13-31-49-40)33-25-29-39(30-26-33)48(36-18-9-3-10-19-36)37-20-11-4-12-21-37/h1-31H. The molecule has 0 N–H and O–H groups in total. The predicted octanol–water partition coefficient (Wildman–Crippen LogP) is 11.9. The Balaban J connectivity index is 1.16. The van der Waals surface area contributed by atoms with Crippen molar-refractivity contribution in [2.75, 3.05) is 9.80 Å². The lowest BCUT2D eigenvalue weighted by molar-refractivity contribution is 1.08. The molecular formula is C43H31N5S. The van der Waals surface area contributed by atoms with E-state index in [9.17, 15) is 0 Å². The smallest absolute Gasteiger partial charge is 0.174 e. The van der Waals surface area contributed by atoms with Crippen molar-refractivity contribution in [3.05, 3.63) is 187 Å². The molecule has 0 aliphatic carbocycles. The first kappa shape index (κ1) is 30.0. The van der Waals surface area contributed by atoms with Gasteiger partial charge in [-0.2, -0.15) is 0 Å². The maximum Gasteiger partial charge on any atom is 0.174 e. The van der Waals surface area contributed by atoms with E-state index in [4.69, 9.17) is 15.0 Å². The number of hydrogen-bond acceptors (Lipinski definition) is 6. The van der Waals surface area contributed by atoms with Crippen LogP contribution >= 0.6 is 11.3 Å². The number of rotatable bonds is 9. The maximum atomic E-state index is 5.02. The predicted molar refractivity (Wildman–Crippen MR) is 203 cm³/mol. The third kappa shape index (κ3) is 6.46. The SMILES string of the molecule is c1ccc(N(c2ccccc2)c2ccc(-c3nc(-c4ccc(N(c5ccccc5)c5ccccc5)cc4)nc(-c4cccs4)n3)cc2)cc1. The maximum absolute atomic E-state index is 5.02. The highest BCUT2D eigenvalue weighted by Crippen LogP contribution is 2.37. The van der Waals surface area contributed by atoms with Crippen molar-refractivity contribution >= 4 is 45.5 Å². The molecule has 6 heteroatoms. The summed E-state index contributed by atoms with van der Waals surface area (Å²) >= 11 is 1.62. The molecule has 0 amide bonds. The molecule has 0 spiro atoms. The molecule has 0 atom stereocenters. The van der Waals surface area contributed by atoms with Crippen LogP contribution in [0.5, 0.6) is 0 Å². The van der Waals surface area contributed by atoms with Crippen molar-refractivity contribution in [1.29, 1.82) is 0 Å². The zero-order valence-corrected chi connectivity index (χ0v) is 27.4. The minimum absolute atomic E-state index is 0.630. The van der Waals surface area contributed by atoms with E-state index in [0.717, 1.165) is 50.1 Å². The second-order valence-corrected chi connectivity index (χ2v) is 12.3. The highest BCUT2D eigenvalue weighted by molar-refractivity contribution is 7.13. The normalized spacial score (nSPS) is 10.9. The number of nitrogens with zero attached hydrogens (tertiary/aromatic N) is 5. The minimum atomic E-state index is 0.630. The molecule has 0 saturated carbocycles. The molecule has 0 bridgehead atoms. The highest BCUT2D eigenvalue weighted by Gasteiger charge is 2.17. The van der Waals surface area contributed by atoms with Crippen molar-refractivity contribution < 1.29 is 0 Å². The third-order valence-electron chi connectivity index (χ3n) is 8.20. The summed E-state index contributed by atoms with van der Waals surface area (Å²) in [4.78, 5) is 20.4. The van der Waals surface area contributed by atoms with Crippen molar-refractivity contribution in [2.24, 2.45) is 0 Å². The Morgan fingerprint density at radius 3 is 0.959 bits per heavy atom. The van der Waals surface area contributed by atoms with Crippen molar-refractivity contribution in [3.8, 4) is 33.5 Å². The summed E-state index contributed by atoms with van der Waals surface area (Å²) in [5, 5.41) is 2.05. The van der Waals surface area contributed by atoms with Crippen LogP contribution in [0, 0.1) is 0 Å². The second kappa shape index (κ2) is 13.8. The summed E-state index contributed by atoms with van der Waals surface area (Å²) in [5.74, 6) is 1.92. The van der Waals surface area contributed by atoms with E-state index in [-0.39, 0.29) is 0 Å². The second-order valence-electron chi connectivity index (χ2n) is 11.4. The fraction of sp³-hybridized carbons (Fsp3) is 0. The van der Waals surface area contributed by atoms with Gasteiger partial charge in [0.1, 0.15) is 0 Å². The third-order valence-corrected chi connectivity index (χ3v) is 9.07. The van der Waals surface area contributed by atoms with E-state index in [1.54, 1.807) is 11.3 Å². The first-order valence-corrected chi connectivity index (χ1v) is 17.0. The van der Waals surface area contributed by atoms with Crippen molar-refractivity contribution in [1.82, 2.24) is 15.0 Å². The molecule has 0 aliphatic heterocycles. The average molecular weight is 650 g/mol. The fourth-order valence-electron chi connectivity index (χ4n) is 5.87. The molecular weight excluding hydrogens is 619 g/mol. The van der Waals surface area contributed by atoms with Gasteiger partial charge in [-0.05, 0) is 109 Å². The zero-order valence-electron chi connectivity index (χ0n) is 26.5. The van der Waals surface area contributed by atoms with E-state index in [0.29, 0.717) is 17.5 Å². The largest absolute Gasteiger partial charge is 0.311 e. The fourth-order valence-corrected chi connectivity index (χ4v) is 6.53. The van der Waals surface area contributed by atoms with Gasteiger partial charge in [0.15, 0.2) is 17.5 Å². The summed E-state index contributed by atoms with van der Waals surface area (Å²) < 4.78 is 0. The molecule has 0 fully saturated rings. The molecule has 49 heavy (non-hydrogen) atoms. The minimum Gasteiger partial charge on any atom is -0.311 e. The van der Waals surface area contributed by atoms with Gasteiger partial charge < -0.3 is 9.80 Å². The number of thiophene rings is 1. The number of aromatic nitrogens is 3. The Kier molecular flexibility index (Phi) is 8.43. The van der Waals surface area contributed by atoms with Gasteiger partial charge in [-0.1, -0.05) is 78.9 Å². The van der Waals surface area contributed by atoms with E-state index >= 15 is 0 Å². The topological polar surface area (TPSA) is 45.2 Å². The number of benzene rings is 6. The lowest BCUT2D eigenvalue weighted by Crippen LogP contribution is -2.09. The Morgan fingerprint density at radius 1 is 0.306 bits per heavy atom. The molecule has 6 aromatic carbocycles. The van der Waals surface area contributed by atoms with Crippen LogP contribution in [-0.4, -0.2) is 15.0 Å². The summed E-state index contributed by atoms with van der Waals surface area (Å²) in [6, 6.07) is 62.5. The molecule has 8 rings (SSSR count). The Morgan fingerprint density at radius 2 is 0.633 bits per heavy atom. The number of para-hydroxylation sites is 4. The first-order valence-electron chi connectivity index (χ1n) is 16.1. The quantitative estimate of drug-likeness (QED) is 0.156. The van der Waals surface area contributed by atoms with Gasteiger partial charge in [0.25, 0.3) is 0 Å². The van der Waals surface area contributed by atoms with Crippen LogP contribution in [0.1, 0.15) is 0 Å². The zero-order chi connectivity index (χ0) is 32.8. The molecule has 5 nitrogen and oxygen atoms in total. The van der Waals surface area contributed by atoms with Crippen molar-refractivity contribution in [3.63, 3.8) is 0 Å². The van der Waals surface area contributed by atoms with E-state index in [1.807, 2.05) is 35.7 Å². The lowest BCUT2D eigenvalue weighted by Gasteiger charge is -2.25. The van der Waals surface area contributed by atoms with E-state index in [1.165, 1.54) is 0 Å². The lowest BCUT2D eigenvalue weighted by atomic mass is 10.1. The summed E-state index contributed by atoms with van der Waals surface area (Å²) in [7, 11) is 0. The molecule has 0 aliphatic rings. The van der Waals surface area contributed by atoms with Crippen LogP contribution in [-0.2, 0) is 0 Å². The van der Waals surface area contributed by atoms with Gasteiger partial charge in [0, 0.05) is 45.3 Å². The van der Waals surface area contributed by atoms with Crippen LogP contribution in [0.4, 0.5) is 34.1 Å². The van der Waals surface area contributed by atoms with E-state index in [2.05, 4.69) is 161 Å². The Bertz CT molecular complexity index is 2020.